The van der Waals surface area contributed by atoms with Crippen LogP contribution < -0.4 is 0 Å². The summed E-state index contributed by atoms with van der Waals surface area (Å²) < 4.78 is 1.16. The zero-order valence-corrected chi connectivity index (χ0v) is 8.79. The van der Waals surface area contributed by atoms with Gasteiger partial charge in [-0.25, -0.2) is 0 Å². The summed E-state index contributed by atoms with van der Waals surface area (Å²) in [5, 5.41) is 0.948. The number of rotatable bonds is 2. The minimum Gasteiger partial charge on any atom is -0.0880 e. The standard InChI is InChI=1S/C7H10Br2/c1-6(5-8)3-4-7(2)9/h3-4H,5H2,1-2H3/b6-3+,7-4+. The fraction of sp³-hybridized carbons (Fsp3) is 0.429. The number of alkyl halides is 1. The maximum atomic E-state index is 3.35. The first-order chi connectivity index (χ1) is 4.16. The van der Waals surface area contributed by atoms with Gasteiger partial charge in [-0.05, 0) is 18.3 Å². The SMILES string of the molecule is C/C(Br)=C\C=C(/C)CBr. The molecule has 9 heavy (non-hydrogen) atoms. The summed E-state index contributed by atoms with van der Waals surface area (Å²) in [6.07, 6.45) is 4.12. The van der Waals surface area contributed by atoms with Crippen molar-refractivity contribution in [3.8, 4) is 0 Å². The molecule has 0 nitrogen and oxygen atoms in total. The van der Waals surface area contributed by atoms with Crippen LogP contribution in [0.4, 0.5) is 0 Å². The minimum atomic E-state index is 0.948. The van der Waals surface area contributed by atoms with Crippen molar-refractivity contribution in [3.05, 3.63) is 22.2 Å². The van der Waals surface area contributed by atoms with Gasteiger partial charge in [-0.2, -0.15) is 0 Å². The minimum absolute atomic E-state index is 0.948. The van der Waals surface area contributed by atoms with Crippen LogP contribution in [0.5, 0.6) is 0 Å². The Labute approximate surface area is 73.3 Å². The fourth-order valence-corrected chi connectivity index (χ4v) is 0.621. The molecule has 0 N–H and O–H groups in total. The molecule has 52 valence electrons. The van der Waals surface area contributed by atoms with Crippen molar-refractivity contribution in [2.24, 2.45) is 0 Å². The smallest absolute Gasteiger partial charge is 0.0242 e. The van der Waals surface area contributed by atoms with Crippen molar-refractivity contribution < 1.29 is 0 Å². The zero-order chi connectivity index (χ0) is 7.28. The second-order valence-corrected chi connectivity index (χ2v) is 3.71. The molecule has 0 heterocycles. The van der Waals surface area contributed by atoms with Gasteiger partial charge in [0.15, 0.2) is 0 Å². The van der Waals surface area contributed by atoms with E-state index in [0.717, 1.165) is 9.81 Å². The lowest BCUT2D eigenvalue weighted by Gasteiger charge is -1.87. The normalized spacial score (nSPS) is 14.2. The molecule has 0 saturated heterocycles. The van der Waals surface area contributed by atoms with E-state index in [1.807, 2.05) is 13.0 Å². The molecule has 0 fully saturated rings. The van der Waals surface area contributed by atoms with Gasteiger partial charge in [0.2, 0.25) is 0 Å². The van der Waals surface area contributed by atoms with E-state index in [1.54, 1.807) is 0 Å². The number of allylic oxidation sites excluding steroid dienone is 4. The Bertz CT molecular complexity index is 130. The van der Waals surface area contributed by atoms with E-state index in [4.69, 9.17) is 0 Å². The van der Waals surface area contributed by atoms with Gasteiger partial charge in [-0.3, -0.25) is 0 Å². The first kappa shape index (κ1) is 9.44. The molecule has 0 aromatic rings. The highest BCUT2D eigenvalue weighted by atomic mass is 79.9. The molecular weight excluding hydrogens is 244 g/mol. The van der Waals surface area contributed by atoms with Crippen molar-refractivity contribution in [3.63, 3.8) is 0 Å². The van der Waals surface area contributed by atoms with Crippen molar-refractivity contribution in [2.75, 3.05) is 5.33 Å². The topological polar surface area (TPSA) is 0 Å². The van der Waals surface area contributed by atoms with E-state index >= 15 is 0 Å². The lowest BCUT2D eigenvalue weighted by atomic mass is 10.3. The summed E-state index contributed by atoms with van der Waals surface area (Å²) >= 11 is 6.69. The maximum Gasteiger partial charge on any atom is 0.0242 e. The largest absolute Gasteiger partial charge is 0.0880 e. The predicted octanol–water partition coefficient (Wildman–Crippen LogP) is 3.63. The number of hydrogen-bond donors (Lipinski definition) is 0. The molecule has 0 atom stereocenters. The molecular formula is C7H10Br2. The highest BCUT2D eigenvalue weighted by Crippen LogP contribution is 2.04. The molecule has 0 radical (unpaired) electrons. The van der Waals surface area contributed by atoms with E-state index < -0.39 is 0 Å². The fourth-order valence-electron chi connectivity index (χ4n) is 0.302. The van der Waals surface area contributed by atoms with E-state index in [1.165, 1.54) is 5.57 Å². The van der Waals surface area contributed by atoms with Gasteiger partial charge in [0, 0.05) is 5.33 Å². The van der Waals surface area contributed by atoms with Gasteiger partial charge in [0.25, 0.3) is 0 Å². The van der Waals surface area contributed by atoms with Gasteiger partial charge in [0.05, 0.1) is 0 Å². The lowest BCUT2D eigenvalue weighted by molar-refractivity contribution is 1.42. The average Bonchev–Trinajstić information content (AvgIpc) is 1.83. The van der Waals surface area contributed by atoms with E-state index in [-0.39, 0.29) is 0 Å². The molecule has 0 saturated carbocycles. The van der Waals surface area contributed by atoms with Crippen molar-refractivity contribution in [1.29, 1.82) is 0 Å². The van der Waals surface area contributed by atoms with Crippen LogP contribution in [0.2, 0.25) is 0 Å². The monoisotopic (exact) mass is 252 g/mol. The Balaban J connectivity index is 3.83. The summed E-state index contributed by atoms with van der Waals surface area (Å²) in [6.45, 7) is 4.10. The third-order valence-corrected chi connectivity index (χ3v) is 1.96. The van der Waals surface area contributed by atoms with Gasteiger partial charge in [0.1, 0.15) is 0 Å². The highest BCUT2D eigenvalue weighted by molar-refractivity contribution is 9.11. The first-order valence-electron chi connectivity index (χ1n) is 2.72. The third kappa shape index (κ3) is 6.32. The zero-order valence-electron chi connectivity index (χ0n) is 5.62. The molecule has 0 unspecified atom stereocenters. The van der Waals surface area contributed by atoms with Gasteiger partial charge < -0.3 is 0 Å². The second-order valence-electron chi connectivity index (χ2n) is 1.90. The first-order valence-corrected chi connectivity index (χ1v) is 4.63. The summed E-state index contributed by atoms with van der Waals surface area (Å²) in [7, 11) is 0. The quantitative estimate of drug-likeness (QED) is 0.521. The third-order valence-electron chi connectivity index (χ3n) is 0.808. The molecule has 0 aromatic carbocycles. The van der Waals surface area contributed by atoms with E-state index in [2.05, 4.69) is 44.9 Å². The van der Waals surface area contributed by atoms with E-state index in [0.29, 0.717) is 0 Å². The Hall–Kier alpha value is 0.440. The van der Waals surface area contributed by atoms with Crippen molar-refractivity contribution in [1.82, 2.24) is 0 Å². The Morgan fingerprint density at radius 2 is 1.89 bits per heavy atom. The summed E-state index contributed by atoms with van der Waals surface area (Å²) in [5.41, 5.74) is 1.33. The van der Waals surface area contributed by atoms with Crippen LogP contribution in [0, 0.1) is 0 Å². The molecule has 0 bridgehead atoms. The molecule has 0 rings (SSSR count). The highest BCUT2D eigenvalue weighted by Gasteiger charge is 1.80. The van der Waals surface area contributed by atoms with Crippen LogP contribution >= 0.6 is 31.9 Å². The van der Waals surface area contributed by atoms with Crippen LogP contribution in [0.3, 0.4) is 0 Å². The predicted molar refractivity (Wildman–Crippen MR) is 50.2 cm³/mol. The molecule has 0 aliphatic heterocycles. The van der Waals surface area contributed by atoms with Gasteiger partial charge in [-0.1, -0.05) is 49.6 Å². The van der Waals surface area contributed by atoms with Crippen molar-refractivity contribution >= 4 is 31.9 Å². The van der Waals surface area contributed by atoms with Crippen LogP contribution in [-0.2, 0) is 0 Å². The second kappa shape index (κ2) is 5.24. The average molecular weight is 254 g/mol. The Kier molecular flexibility index (Phi) is 5.50. The molecule has 0 amide bonds. The molecule has 0 aliphatic rings. The Morgan fingerprint density at radius 1 is 1.33 bits per heavy atom. The maximum absolute atomic E-state index is 3.35. The van der Waals surface area contributed by atoms with Crippen molar-refractivity contribution in [2.45, 2.75) is 13.8 Å². The number of hydrogen-bond acceptors (Lipinski definition) is 0. The Morgan fingerprint density at radius 3 is 2.22 bits per heavy atom. The van der Waals surface area contributed by atoms with Gasteiger partial charge in [-0.15, -0.1) is 0 Å². The summed E-state index contributed by atoms with van der Waals surface area (Å²) in [6, 6.07) is 0. The van der Waals surface area contributed by atoms with Crippen LogP contribution in [0.1, 0.15) is 13.8 Å². The van der Waals surface area contributed by atoms with Crippen LogP contribution in [0.15, 0.2) is 22.2 Å². The summed E-state index contributed by atoms with van der Waals surface area (Å²) in [4.78, 5) is 0. The van der Waals surface area contributed by atoms with Gasteiger partial charge >= 0.3 is 0 Å². The van der Waals surface area contributed by atoms with Crippen LogP contribution in [0.25, 0.3) is 0 Å². The molecule has 0 aliphatic carbocycles. The molecule has 0 aromatic heterocycles. The molecule has 2 heteroatoms. The summed E-state index contributed by atoms with van der Waals surface area (Å²) in [5.74, 6) is 0. The number of halogens is 2. The lowest BCUT2D eigenvalue weighted by Crippen LogP contribution is -1.72. The molecule has 0 spiro atoms. The van der Waals surface area contributed by atoms with Crippen LogP contribution in [-0.4, -0.2) is 5.33 Å². The van der Waals surface area contributed by atoms with E-state index in [9.17, 15) is 0 Å².